The van der Waals surface area contributed by atoms with Crippen molar-refractivity contribution in [2.45, 2.75) is 38.1 Å². The van der Waals surface area contributed by atoms with Crippen LogP contribution in [-0.2, 0) is 11.2 Å². The molecule has 0 aromatic carbocycles. The molecule has 1 aliphatic heterocycles. The topological polar surface area (TPSA) is 96.6 Å². The molecule has 1 fully saturated rings. The Kier molecular flexibility index (Phi) is 3.76. The van der Waals surface area contributed by atoms with Crippen molar-refractivity contribution in [3.8, 4) is 0 Å². The Morgan fingerprint density at radius 1 is 1.36 bits per heavy atom. The number of aliphatic carboxylic acids is 1. The molecule has 0 bridgehead atoms. The number of nitrogens with one attached hydrogen (secondary N) is 1. The fourth-order valence-electron chi connectivity index (χ4n) is 3.03. The highest BCUT2D eigenvalue weighted by atomic mass is 32.2. The summed E-state index contributed by atoms with van der Waals surface area (Å²) in [6.45, 7) is 1.68. The molecule has 0 saturated carbocycles. The average Bonchev–Trinajstić information content (AvgIpc) is 3.05. The van der Waals surface area contributed by atoms with Gasteiger partial charge in [0.25, 0.3) is 5.91 Å². The second-order valence-electron chi connectivity index (χ2n) is 5.78. The van der Waals surface area contributed by atoms with E-state index >= 15 is 0 Å². The van der Waals surface area contributed by atoms with Crippen LogP contribution in [-0.4, -0.2) is 39.8 Å². The Hall–Kier alpha value is -1.76. The number of thioether (sulfide) groups is 1. The molecule has 6 nitrogen and oxygen atoms in total. The van der Waals surface area contributed by atoms with E-state index in [0.717, 1.165) is 6.42 Å². The molecule has 3 rings (SSSR count). The molecule has 0 radical (unpaired) electrons. The lowest BCUT2D eigenvalue weighted by molar-refractivity contribution is -0.143. The quantitative estimate of drug-likeness (QED) is 0.880. The van der Waals surface area contributed by atoms with Gasteiger partial charge in [-0.2, -0.15) is 11.8 Å². The summed E-state index contributed by atoms with van der Waals surface area (Å²) >= 11 is 1.50. The number of amides is 1. The van der Waals surface area contributed by atoms with Gasteiger partial charge in [0.2, 0.25) is 0 Å². The maximum Gasteiger partial charge on any atom is 0.330 e. The van der Waals surface area contributed by atoms with Gasteiger partial charge in [0, 0.05) is 24.2 Å². The molecule has 2 heterocycles. The number of rotatable bonds is 3. The van der Waals surface area contributed by atoms with Crippen LogP contribution in [0.2, 0.25) is 0 Å². The predicted molar refractivity (Wildman–Crippen MR) is 80.5 cm³/mol. The molecule has 22 heavy (non-hydrogen) atoms. The molecule has 1 aromatic rings. The molecule has 0 spiro atoms. The Morgan fingerprint density at radius 3 is 2.73 bits per heavy atom. The molecule has 1 amide bonds. The Bertz CT molecular complexity index is 657. The normalized spacial score (nSPS) is 24.1. The zero-order valence-electron chi connectivity index (χ0n) is 12.2. The molecule has 1 aliphatic carbocycles. The van der Waals surface area contributed by atoms with Crippen molar-refractivity contribution in [1.82, 2.24) is 5.32 Å². The second kappa shape index (κ2) is 5.46. The summed E-state index contributed by atoms with van der Waals surface area (Å²) in [6, 6.07) is 0. The molecule has 1 aromatic heterocycles. The van der Waals surface area contributed by atoms with Crippen LogP contribution in [0.4, 0.5) is 0 Å². The van der Waals surface area contributed by atoms with Crippen molar-refractivity contribution >= 4 is 29.4 Å². The first-order valence-corrected chi connectivity index (χ1v) is 8.39. The lowest BCUT2D eigenvalue weighted by Crippen LogP contribution is -2.54. The number of hydrogen-bond acceptors (Lipinski definition) is 5. The Balaban J connectivity index is 1.90. The van der Waals surface area contributed by atoms with E-state index in [4.69, 9.17) is 4.42 Å². The Morgan fingerprint density at radius 2 is 2.14 bits per heavy atom. The number of carbonyl (C=O) groups is 3. The van der Waals surface area contributed by atoms with Gasteiger partial charge < -0.3 is 14.8 Å². The minimum atomic E-state index is -1.24. The highest BCUT2D eigenvalue weighted by molar-refractivity contribution is 7.99. The molecular formula is C15H17NO5S. The number of aryl methyl sites for hydroxylation is 1. The van der Waals surface area contributed by atoms with Gasteiger partial charge >= 0.3 is 5.97 Å². The van der Waals surface area contributed by atoms with Crippen LogP contribution >= 0.6 is 11.8 Å². The summed E-state index contributed by atoms with van der Waals surface area (Å²) in [5.41, 5.74) is -0.226. The summed E-state index contributed by atoms with van der Waals surface area (Å²) in [7, 11) is 0. The zero-order valence-corrected chi connectivity index (χ0v) is 13.0. The second-order valence-corrected chi connectivity index (χ2v) is 6.88. The van der Waals surface area contributed by atoms with Crippen LogP contribution in [0.15, 0.2) is 4.42 Å². The van der Waals surface area contributed by atoms with E-state index in [1.807, 2.05) is 0 Å². The lowest BCUT2D eigenvalue weighted by Gasteiger charge is -2.24. The number of fused-ring (bicyclic) bond motifs is 1. The highest BCUT2D eigenvalue weighted by Crippen LogP contribution is 2.32. The van der Waals surface area contributed by atoms with Crippen LogP contribution in [0.1, 0.15) is 51.5 Å². The van der Waals surface area contributed by atoms with E-state index in [1.54, 1.807) is 6.92 Å². The first-order chi connectivity index (χ1) is 10.4. The zero-order chi connectivity index (χ0) is 15.9. The minimum absolute atomic E-state index is 0.00841. The van der Waals surface area contributed by atoms with Gasteiger partial charge in [-0.05, 0) is 25.5 Å². The van der Waals surface area contributed by atoms with Gasteiger partial charge in [0.15, 0.2) is 11.5 Å². The van der Waals surface area contributed by atoms with Crippen LogP contribution in [0.25, 0.3) is 0 Å². The molecule has 7 heteroatoms. The maximum atomic E-state index is 12.5. The van der Waals surface area contributed by atoms with Gasteiger partial charge in [-0.15, -0.1) is 0 Å². The largest absolute Gasteiger partial charge is 0.479 e. The van der Waals surface area contributed by atoms with Gasteiger partial charge in [-0.25, -0.2) is 4.79 Å². The summed E-state index contributed by atoms with van der Waals surface area (Å²) in [5.74, 6) is 0.0545. The summed E-state index contributed by atoms with van der Waals surface area (Å²) < 4.78 is 5.57. The van der Waals surface area contributed by atoms with Gasteiger partial charge in [-0.3, -0.25) is 9.59 Å². The van der Waals surface area contributed by atoms with E-state index in [1.165, 1.54) is 11.8 Å². The summed E-state index contributed by atoms with van der Waals surface area (Å²) in [5, 5.41) is 12.0. The maximum absolute atomic E-state index is 12.5. The van der Waals surface area contributed by atoms with Crippen LogP contribution in [0.5, 0.6) is 0 Å². The first-order valence-electron chi connectivity index (χ1n) is 7.24. The fourth-order valence-corrected chi connectivity index (χ4v) is 4.35. The summed E-state index contributed by atoms with van der Waals surface area (Å²) in [6.07, 6.45) is 2.20. The molecular weight excluding hydrogens is 306 g/mol. The molecule has 118 valence electrons. The fraction of sp³-hybridized carbons (Fsp3) is 0.533. The number of carboxylic acids is 1. The van der Waals surface area contributed by atoms with Crippen molar-refractivity contribution in [3.05, 3.63) is 22.6 Å². The molecule has 2 N–H and O–H groups in total. The van der Waals surface area contributed by atoms with Crippen molar-refractivity contribution in [1.29, 1.82) is 0 Å². The van der Waals surface area contributed by atoms with E-state index in [-0.39, 0.29) is 11.5 Å². The summed E-state index contributed by atoms with van der Waals surface area (Å²) in [4.78, 5) is 35.9. The molecule has 1 unspecified atom stereocenters. The first kappa shape index (κ1) is 15.1. The van der Waals surface area contributed by atoms with E-state index < -0.39 is 17.4 Å². The standard InChI is InChI=1S/C15H17NO5S/c1-8-11-9(17)3-2-4-10(11)21-12(8)13(18)16-15(14(19)20)5-6-22-7-15/h2-7H2,1H3,(H,16,18)(H,19,20). The third-order valence-corrected chi connectivity index (χ3v) is 5.49. The van der Waals surface area contributed by atoms with Crippen molar-refractivity contribution in [2.75, 3.05) is 11.5 Å². The number of carboxylic acid groups (broad SMARTS) is 1. The van der Waals surface area contributed by atoms with Crippen LogP contribution in [0, 0.1) is 6.92 Å². The SMILES string of the molecule is Cc1c(C(=O)NC2(C(=O)O)CCSC2)oc2c1C(=O)CCC2. The minimum Gasteiger partial charge on any atom is -0.479 e. The van der Waals surface area contributed by atoms with Gasteiger partial charge in [0.1, 0.15) is 11.3 Å². The van der Waals surface area contributed by atoms with E-state index in [0.29, 0.717) is 47.7 Å². The van der Waals surface area contributed by atoms with E-state index in [2.05, 4.69) is 5.32 Å². The molecule has 2 aliphatic rings. The number of hydrogen-bond donors (Lipinski definition) is 2. The van der Waals surface area contributed by atoms with Gasteiger partial charge in [-0.1, -0.05) is 0 Å². The third kappa shape index (κ3) is 2.33. The van der Waals surface area contributed by atoms with Crippen molar-refractivity contribution < 1.29 is 23.9 Å². The number of ketones is 1. The number of Topliss-reactive ketones (excluding diaryl/α,β-unsaturated/α-hetero) is 1. The number of furan rings is 1. The van der Waals surface area contributed by atoms with Crippen molar-refractivity contribution in [3.63, 3.8) is 0 Å². The third-order valence-electron chi connectivity index (χ3n) is 4.30. The number of carbonyl (C=O) groups excluding carboxylic acids is 2. The average molecular weight is 323 g/mol. The lowest BCUT2D eigenvalue weighted by atomic mass is 9.93. The molecule has 1 atom stereocenters. The highest BCUT2D eigenvalue weighted by Gasteiger charge is 2.44. The smallest absolute Gasteiger partial charge is 0.330 e. The van der Waals surface area contributed by atoms with Crippen LogP contribution < -0.4 is 5.32 Å². The Labute approximate surface area is 131 Å². The molecule has 1 saturated heterocycles. The van der Waals surface area contributed by atoms with Crippen molar-refractivity contribution in [2.24, 2.45) is 0 Å². The predicted octanol–water partition coefficient (Wildman–Crippen LogP) is 1.80. The monoisotopic (exact) mass is 323 g/mol. The van der Waals surface area contributed by atoms with Crippen LogP contribution in [0.3, 0.4) is 0 Å². The van der Waals surface area contributed by atoms with E-state index in [9.17, 15) is 19.5 Å². The van der Waals surface area contributed by atoms with Gasteiger partial charge in [0.05, 0.1) is 5.56 Å².